The van der Waals surface area contributed by atoms with Crippen molar-refractivity contribution in [2.75, 3.05) is 0 Å². The molecule has 0 radical (unpaired) electrons. The highest BCUT2D eigenvalue weighted by molar-refractivity contribution is 5.80. The van der Waals surface area contributed by atoms with Crippen molar-refractivity contribution in [2.24, 2.45) is 0 Å². The van der Waals surface area contributed by atoms with Crippen molar-refractivity contribution in [3.05, 3.63) is 12.7 Å². The minimum Gasteiger partial charge on any atom is -0.391 e. The molecule has 1 heterocycles. The van der Waals surface area contributed by atoms with E-state index in [2.05, 4.69) is 15.4 Å². The van der Waals surface area contributed by atoms with E-state index in [1.807, 2.05) is 0 Å². The number of aromatic nitrogens is 3. The minimum atomic E-state index is -0.421. The number of carbonyl (C=O) groups is 1. The van der Waals surface area contributed by atoms with E-state index in [0.717, 1.165) is 25.7 Å². The third kappa shape index (κ3) is 2.82. The predicted octanol–water partition coefficient (Wildman–Crippen LogP) is 0.259. The normalized spacial score (nSPS) is 26.5. The second-order valence-electron chi connectivity index (χ2n) is 4.52. The van der Waals surface area contributed by atoms with Crippen molar-refractivity contribution < 1.29 is 9.90 Å². The number of aliphatic hydroxyl groups is 1. The summed E-state index contributed by atoms with van der Waals surface area (Å²) in [5, 5.41) is 16.6. The fraction of sp³-hybridized carbons (Fsp3) is 0.727. The van der Waals surface area contributed by atoms with Gasteiger partial charge in [0.05, 0.1) is 12.1 Å². The lowest BCUT2D eigenvalue weighted by molar-refractivity contribution is -0.126. The summed E-state index contributed by atoms with van der Waals surface area (Å²) in [7, 11) is 0. The number of rotatable bonds is 3. The number of nitrogens with one attached hydrogen (secondary N) is 1. The van der Waals surface area contributed by atoms with Gasteiger partial charge in [0.15, 0.2) is 0 Å². The Bertz CT molecular complexity index is 366. The standard InChI is InChI=1S/C11H18N4O2/c1-8(15-7-12-6-13-15)11(17)14-9-4-2-3-5-10(9)16/h6-10,16H,2-5H2,1H3,(H,14,17). The molecule has 6 nitrogen and oxygen atoms in total. The number of hydrogen-bond donors (Lipinski definition) is 2. The third-order valence-electron chi connectivity index (χ3n) is 3.27. The smallest absolute Gasteiger partial charge is 0.244 e. The molecule has 1 aromatic rings. The molecule has 2 N–H and O–H groups in total. The van der Waals surface area contributed by atoms with Gasteiger partial charge < -0.3 is 10.4 Å². The molecular formula is C11H18N4O2. The predicted molar refractivity (Wildman–Crippen MR) is 61.1 cm³/mol. The molecule has 17 heavy (non-hydrogen) atoms. The second-order valence-corrected chi connectivity index (χ2v) is 4.52. The van der Waals surface area contributed by atoms with E-state index in [0.29, 0.717) is 0 Å². The molecule has 0 saturated heterocycles. The van der Waals surface area contributed by atoms with Gasteiger partial charge in [0.1, 0.15) is 18.7 Å². The quantitative estimate of drug-likeness (QED) is 0.791. The highest BCUT2D eigenvalue weighted by atomic mass is 16.3. The van der Waals surface area contributed by atoms with Gasteiger partial charge in [0.25, 0.3) is 0 Å². The Morgan fingerprint density at radius 1 is 1.53 bits per heavy atom. The third-order valence-corrected chi connectivity index (χ3v) is 3.27. The second kappa shape index (κ2) is 5.27. The lowest BCUT2D eigenvalue weighted by Gasteiger charge is -2.29. The molecule has 0 aliphatic heterocycles. The molecule has 0 spiro atoms. The first-order valence-electron chi connectivity index (χ1n) is 6.01. The molecule has 1 fully saturated rings. The van der Waals surface area contributed by atoms with Crippen LogP contribution in [-0.2, 0) is 4.79 Å². The van der Waals surface area contributed by atoms with E-state index < -0.39 is 12.1 Å². The molecule has 0 bridgehead atoms. The maximum Gasteiger partial charge on any atom is 0.244 e. The van der Waals surface area contributed by atoms with E-state index in [9.17, 15) is 9.90 Å². The van der Waals surface area contributed by atoms with Crippen LogP contribution in [0.25, 0.3) is 0 Å². The van der Waals surface area contributed by atoms with Gasteiger partial charge in [-0.05, 0) is 19.8 Å². The summed E-state index contributed by atoms with van der Waals surface area (Å²) < 4.78 is 1.50. The molecule has 0 aromatic carbocycles. The van der Waals surface area contributed by atoms with E-state index in [1.165, 1.54) is 17.3 Å². The average Bonchev–Trinajstić information content (AvgIpc) is 2.84. The maximum atomic E-state index is 11.9. The van der Waals surface area contributed by atoms with Crippen LogP contribution in [0.5, 0.6) is 0 Å². The van der Waals surface area contributed by atoms with Crippen molar-refractivity contribution in [3.63, 3.8) is 0 Å². The fourth-order valence-electron chi connectivity index (χ4n) is 2.12. The average molecular weight is 238 g/mol. The van der Waals surface area contributed by atoms with Crippen LogP contribution in [0.15, 0.2) is 12.7 Å². The van der Waals surface area contributed by atoms with Gasteiger partial charge in [0.2, 0.25) is 5.91 Å². The molecule has 2 rings (SSSR count). The number of carbonyl (C=O) groups excluding carboxylic acids is 1. The summed E-state index contributed by atoms with van der Waals surface area (Å²) in [4.78, 5) is 15.8. The zero-order valence-electron chi connectivity index (χ0n) is 9.91. The number of amides is 1. The fourth-order valence-corrected chi connectivity index (χ4v) is 2.12. The summed E-state index contributed by atoms with van der Waals surface area (Å²) in [6.07, 6.45) is 6.20. The summed E-state index contributed by atoms with van der Waals surface area (Å²) in [5.74, 6) is -0.124. The topological polar surface area (TPSA) is 80.0 Å². The monoisotopic (exact) mass is 238 g/mol. The first-order chi connectivity index (χ1) is 8.18. The van der Waals surface area contributed by atoms with Crippen molar-refractivity contribution in [1.29, 1.82) is 0 Å². The molecule has 1 amide bonds. The number of aliphatic hydroxyl groups excluding tert-OH is 1. The Morgan fingerprint density at radius 2 is 2.29 bits per heavy atom. The van der Waals surface area contributed by atoms with Crippen LogP contribution in [0.2, 0.25) is 0 Å². The SMILES string of the molecule is CC(C(=O)NC1CCCCC1O)n1cncn1. The van der Waals surface area contributed by atoms with E-state index >= 15 is 0 Å². The Hall–Kier alpha value is -1.43. The van der Waals surface area contributed by atoms with Crippen molar-refractivity contribution >= 4 is 5.91 Å². The number of hydrogen-bond acceptors (Lipinski definition) is 4. The highest BCUT2D eigenvalue weighted by Crippen LogP contribution is 2.19. The summed E-state index contributed by atoms with van der Waals surface area (Å²) >= 11 is 0. The van der Waals surface area contributed by atoms with Gasteiger partial charge in [-0.2, -0.15) is 5.10 Å². The largest absolute Gasteiger partial charge is 0.391 e. The lowest BCUT2D eigenvalue weighted by atomic mass is 9.92. The summed E-state index contributed by atoms with van der Waals surface area (Å²) in [5.41, 5.74) is 0. The molecule has 1 aliphatic rings. The first kappa shape index (κ1) is 12.0. The van der Waals surface area contributed by atoms with Crippen LogP contribution in [0.3, 0.4) is 0 Å². The van der Waals surface area contributed by atoms with Crippen molar-refractivity contribution in [3.8, 4) is 0 Å². The highest BCUT2D eigenvalue weighted by Gasteiger charge is 2.26. The van der Waals surface area contributed by atoms with Crippen LogP contribution in [0.1, 0.15) is 38.6 Å². The Kier molecular flexibility index (Phi) is 3.73. The molecule has 1 saturated carbocycles. The van der Waals surface area contributed by atoms with Gasteiger partial charge >= 0.3 is 0 Å². The van der Waals surface area contributed by atoms with E-state index in [1.54, 1.807) is 6.92 Å². The summed E-state index contributed by atoms with van der Waals surface area (Å²) in [6.45, 7) is 1.76. The zero-order valence-corrected chi connectivity index (χ0v) is 9.91. The van der Waals surface area contributed by atoms with E-state index in [4.69, 9.17) is 0 Å². The maximum absolute atomic E-state index is 11.9. The van der Waals surface area contributed by atoms with Crippen LogP contribution < -0.4 is 5.32 Å². The summed E-state index contributed by atoms with van der Waals surface area (Å²) in [6, 6.07) is -0.520. The van der Waals surface area contributed by atoms with Crippen LogP contribution in [0, 0.1) is 0 Å². The molecule has 1 aromatic heterocycles. The van der Waals surface area contributed by atoms with Crippen LogP contribution in [-0.4, -0.2) is 37.9 Å². The molecule has 94 valence electrons. The molecule has 6 heteroatoms. The number of nitrogens with zero attached hydrogens (tertiary/aromatic N) is 3. The Balaban J connectivity index is 1.92. The van der Waals surface area contributed by atoms with Gasteiger partial charge in [-0.1, -0.05) is 12.8 Å². The molecule has 3 atom stereocenters. The van der Waals surface area contributed by atoms with Gasteiger partial charge in [-0.3, -0.25) is 4.79 Å². The lowest BCUT2D eigenvalue weighted by Crippen LogP contribution is -2.47. The first-order valence-corrected chi connectivity index (χ1v) is 6.01. The zero-order chi connectivity index (χ0) is 12.3. The Morgan fingerprint density at radius 3 is 2.94 bits per heavy atom. The van der Waals surface area contributed by atoms with E-state index in [-0.39, 0.29) is 11.9 Å². The van der Waals surface area contributed by atoms with Gasteiger partial charge in [-0.15, -0.1) is 0 Å². The molecule has 1 aliphatic carbocycles. The van der Waals surface area contributed by atoms with Crippen molar-refractivity contribution in [1.82, 2.24) is 20.1 Å². The van der Waals surface area contributed by atoms with Crippen LogP contribution >= 0.6 is 0 Å². The Labute approximate surface area is 100 Å². The van der Waals surface area contributed by atoms with Crippen molar-refractivity contribution in [2.45, 2.75) is 50.8 Å². The molecule has 3 unspecified atom stereocenters. The van der Waals surface area contributed by atoms with Crippen LogP contribution in [0.4, 0.5) is 0 Å². The van der Waals surface area contributed by atoms with Gasteiger partial charge in [-0.25, -0.2) is 9.67 Å². The minimum absolute atomic E-state index is 0.123. The van der Waals surface area contributed by atoms with Gasteiger partial charge in [0, 0.05) is 0 Å². The molecular weight excluding hydrogens is 220 g/mol.